The Bertz CT molecular complexity index is 1280. The maximum absolute atomic E-state index is 13.1. The van der Waals surface area contributed by atoms with Crippen LogP contribution in [0.15, 0.2) is 53.4 Å². The third-order valence-corrected chi connectivity index (χ3v) is 7.09. The lowest BCUT2D eigenvalue weighted by molar-refractivity contribution is -0.137. The number of aromatic nitrogens is 1. The summed E-state index contributed by atoms with van der Waals surface area (Å²) in [6.07, 6.45) is -3.04. The summed E-state index contributed by atoms with van der Waals surface area (Å²) in [5.74, 6) is -1.34. The fourth-order valence-corrected chi connectivity index (χ4v) is 5.17. The number of hydrogen-bond acceptors (Lipinski definition) is 4. The predicted molar refractivity (Wildman–Crippen MR) is 107 cm³/mol. The molecule has 162 valence electrons. The quantitative estimate of drug-likeness (QED) is 0.637. The van der Waals surface area contributed by atoms with E-state index in [4.69, 9.17) is 0 Å². The Morgan fingerprint density at radius 3 is 2.39 bits per heavy atom. The number of benzene rings is 2. The van der Waals surface area contributed by atoms with Crippen molar-refractivity contribution in [2.24, 2.45) is 0 Å². The van der Waals surface area contributed by atoms with E-state index in [9.17, 15) is 31.5 Å². The van der Waals surface area contributed by atoms with Crippen molar-refractivity contribution in [1.29, 1.82) is 0 Å². The molecular formula is C21H17F3N2O4S. The zero-order valence-electron chi connectivity index (χ0n) is 16.1. The molecule has 0 spiro atoms. The van der Waals surface area contributed by atoms with Gasteiger partial charge in [0.05, 0.1) is 27.2 Å². The highest BCUT2D eigenvalue weighted by Crippen LogP contribution is 2.33. The lowest BCUT2D eigenvalue weighted by atomic mass is 10.0. The number of hydrogen-bond donors (Lipinski definition) is 1. The van der Waals surface area contributed by atoms with Crippen molar-refractivity contribution < 1.29 is 31.5 Å². The normalized spacial score (nSPS) is 15.5. The number of halogens is 3. The Balaban J connectivity index is 1.86. The van der Waals surface area contributed by atoms with Crippen molar-refractivity contribution >= 4 is 26.9 Å². The lowest BCUT2D eigenvalue weighted by Crippen LogP contribution is -2.27. The molecular weight excluding hydrogens is 433 g/mol. The zero-order chi connectivity index (χ0) is 22.4. The van der Waals surface area contributed by atoms with Gasteiger partial charge in [-0.1, -0.05) is 12.1 Å². The summed E-state index contributed by atoms with van der Waals surface area (Å²) in [6.45, 7) is 0.803. The fraction of sp³-hybridized carbons (Fsp3) is 0.238. The molecule has 1 saturated heterocycles. The van der Waals surface area contributed by atoms with Crippen molar-refractivity contribution in [2.75, 3.05) is 13.1 Å². The van der Waals surface area contributed by atoms with E-state index in [-0.39, 0.29) is 32.6 Å². The standard InChI is InChI=1S/C21H17F3N2O4S/c22-21(23,24)14-5-3-4-13(10-14)19-12-17(20(27)28)16-11-15(6-7-18(16)25-19)31(29,30)26-8-1-2-9-26/h3-7,10-12H,1-2,8-9H2,(H,27,28). The van der Waals surface area contributed by atoms with Crippen molar-refractivity contribution in [3.63, 3.8) is 0 Å². The van der Waals surface area contributed by atoms with Crippen molar-refractivity contribution in [2.45, 2.75) is 23.9 Å². The van der Waals surface area contributed by atoms with Crippen LogP contribution in [0.4, 0.5) is 13.2 Å². The summed E-state index contributed by atoms with van der Waals surface area (Å²) in [4.78, 5) is 16.1. The second-order valence-corrected chi connectivity index (χ2v) is 9.17. The molecule has 0 amide bonds. The van der Waals surface area contributed by atoms with Gasteiger partial charge in [-0.25, -0.2) is 18.2 Å². The second-order valence-electron chi connectivity index (χ2n) is 7.23. The van der Waals surface area contributed by atoms with Crippen molar-refractivity contribution in [3.05, 3.63) is 59.7 Å². The molecule has 0 saturated carbocycles. The summed E-state index contributed by atoms with van der Waals surface area (Å²) in [5, 5.41) is 9.78. The number of alkyl halides is 3. The van der Waals surface area contributed by atoms with E-state index < -0.39 is 27.7 Å². The number of sulfonamides is 1. The zero-order valence-corrected chi connectivity index (χ0v) is 16.9. The molecule has 1 aliphatic rings. The van der Waals surface area contributed by atoms with Crippen LogP contribution in [0.25, 0.3) is 22.2 Å². The van der Waals surface area contributed by atoms with E-state index in [0.717, 1.165) is 31.0 Å². The molecule has 10 heteroatoms. The van der Waals surface area contributed by atoms with Crippen LogP contribution in [-0.2, 0) is 16.2 Å². The smallest absolute Gasteiger partial charge is 0.416 e. The number of nitrogens with zero attached hydrogens (tertiary/aromatic N) is 2. The first-order valence-electron chi connectivity index (χ1n) is 9.43. The third kappa shape index (κ3) is 4.00. The van der Waals surface area contributed by atoms with Gasteiger partial charge < -0.3 is 5.11 Å². The number of rotatable bonds is 4. The van der Waals surface area contributed by atoms with Crippen LogP contribution in [0.3, 0.4) is 0 Å². The molecule has 6 nitrogen and oxygen atoms in total. The van der Waals surface area contributed by atoms with Crippen LogP contribution in [-0.4, -0.2) is 41.9 Å². The molecule has 1 aliphatic heterocycles. The van der Waals surface area contributed by atoms with E-state index in [2.05, 4.69) is 4.98 Å². The summed E-state index contributed by atoms with van der Waals surface area (Å²) < 4.78 is 66.2. The monoisotopic (exact) mass is 450 g/mol. The van der Waals surface area contributed by atoms with Crippen LogP contribution in [0.1, 0.15) is 28.8 Å². The van der Waals surface area contributed by atoms with Crippen LogP contribution in [0.5, 0.6) is 0 Å². The van der Waals surface area contributed by atoms with Crippen molar-refractivity contribution in [1.82, 2.24) is 9.29 Å². The maximum Gasteiger partial charge on any atom is 0.416 e. The number of carboxylic acids is 1. The van der Waals surface area contributed by atoms with Crippen LogP contribution in [0.2, 0.25) is 0 Å². The Kier molecular flexibility index (Phi) is 5.22. The molecule has 1 fully saturated rings. The van der Waals surface area contributed by atoms with Crippen LogP contribution in [0, 0.1) is 0 Å². The number of carbonyl (C=O) groups is 1. The van der Waals surface area contributed by atoms with Crippen LogP contribution >= 0.6 is 0 Å². The topological polar surface area (TPSA) is 87.6 Å². The van der Waals surface area contributed by atoms with Gasteiger partial charge in [-0.3, -0.25) is 0 Å². The van der Waals surface area contributed by atoms with Crippen molar-refractivity contribution in [3.8, 4) is 11.3 Å². The Labute approximate surface area is 176 Å². The summed E-state index contributed by atoms with van der Waals surface area (Å²) >= 11 is 0. The maximum atomic E-state index is 13.1. The van der Waals surface area contributed by atoms with Gasteiger partial charge in [-0.05, 0) is 49.2 Å². The van der Waals surface area contributed by atoms with E-state index in [0.29, 0.717) is 13.1 Å². The van der Waals surface area contributed by atoms with Gasteiger partial charge in [0, 0.05) is 24.0 Å². The molecule has 2 heterocycles. The molecule has 4 rings (SSSR count). The minimum Gasteiger partial charge on any atom is -0.478 e. The SMILES string of the molecule is O=C(O)c1cc(-c2cccc(C(F)(F)F)c2)nc2ccc(S(=O)(=O)N3CCCC3)cc12. The predicted octanol–water partition coefficient (Wildman–Crippen LogP) is 4.40. The number of carboxylic acid groups (broad SMARTS) is 1. The highest BCUT2D eigenvalue weighted by Gasteiger charge is 2.31. The molecule has 0 unspecified atom stereocenters. The molecule has 0 atom stereocenters. The van der Waals surface area contributed by atoms with Gasteiger partial charge in [-0.2, -0.15) is 17.5 Å². The summed E-state index contributed by atoms with van der Waals surface area (Å²) in [5.41, 5.74) is -0.793. The van der Waals surface area contributed by atoms with Gasteiger partial charge in [0.15, 0.2) is 0 Å². The van der Waals surface area contributed by atoms with Gasteiger partial charge in [0.2, 0.25) is 10.0 Å². The molecule has 1 aromatic heterocycles. The third-order valence-electron chi connectivity index (χ3n) is 5.20. The van der Waals surface area contributed by atoms with Gasteiger partial charge in [-0.15, -0.1) is 0 Å². The first-order valence-corrected chi connectivity index (χ1v) is 10.9. The van der Waals surface area contributed by atoms with Gasteiger partial charge >= 0.3 is 12.1 Å². The Morgan fingerprint density at radius 1 is 1.03 bits per heavy atom. The second kappa shape index (κ2) is 7.61. The van der Waals surface area contributed by atoms with Gasteiger partial charge in [0.1, 0.15) is 0 Å². The van der Waals surface area contributed by atoms with Crippen LogP contribution < -0.4 is 0 Å². The average molecular weight is 450 g/mol. The molecule has 3 aromatic rings. The summed E-state index contributed by atoms with van der Waals surface area (Å²) in [6, 6.07) is 9.57. The number of aromatic carboxylic acids is 1. The van der Waals surface area contributed by atoms with Gasteiger partial charge in [0.25, 0.3) is 0 Å². The highest BCUT2D eigenvalue weighted by molar-refractivity contribution is 7.89. The van der Waals surface area contributed by atoms with E-state index in [1.165, 1.54) is 34.6 Å². The molecule has 0 bridgehead atoms. The van der Waals surface area contributed by atoms with E-state index in [1.54, 1.807) is 0 Å². The lowest BCUT2D eigenvalue weighted by Gasteiger charge is -2.16. The molecule has 0 aliphatic carbocycles. The molecule has 31 heavy (non-hydrogen) atoms. The number of pyridine rings is 1. The highest BCUT2D eigenvalue weighted by atomic mass is 32.2. The Hall–Kier alpha value is -2.98. The number of fused-ring (bicyclic) bond motifs is 1. The van der Waals surface area contributed by atoms with E-state index in [1.807, 2.05) is 0 Å². The average Bonchev–Trinajstić information content (AvgIpc) is 3.27. The molecule has 0 radical (unpaired) electrons. The largest absolute Gasteiger partial charge is 0.478 e. The minimum absolute atomic E-state index is 0.0435. The first-order chi connectivity index (χ1) is 14.6. The first kappa shape index (κ1) is 21.3. The molecule has 1 N–H and O–H groups in total. The summed E-state index contributed by atoms with van der Waals surface area (Å²) in [7, 11) is -3.77. The minimum atomic E-state index is -4.55. The van der Waals surface area contributed by atoms with E-state index >= 15 is 0 Å². The Morgan fingerprint density at radius 2 is 1.74 bits per heavy atom. The fourth-order valence-electron chi connectivity index (χ4n) is 3.62. The molecule has 2 aromatic carbocycles.